The Kier molecular flexibility index (Phi) is 6.80. The normalized spacial score (nSPS) is 16.3. The average Bonchev–Trinajstić information content (AvgIpc) is 2.59. The van der Waals surface area contributed by atoms with Crippen LogP contribution in [0.25, 0.3) is 0 Å². The van der Waals surface area contributed by atoms with Crippen molar-refractivity contribution in [3.8, 4) is 0 Å². The van der Waals surface area contributed by atoms with Crippen LogP contribution < -0.4 is 0 Å². The lowest BCUT2D eigenvalue weighted by Gasteiger charge is -2.34. The molecule has 0 bridgehead atoms. The van der Waals surface area contributed by atoms with E-state index in [0.29, 0.717) is 39.0 Å². The highest BCUT2D eigenvalue weighted by atomic mass is 32.2. The van der Waals surface area contributed by atoms with Crippen molar-refractivity contribution in [2.24, 2.45) is 0 Å². The van der Waals surface area contributed by atoms with Crippen molar-refractivity contribution in [1.82, 2.24) is 9.21 Å². The van der Waals surface area contributed by atoms with Crippen molar-refractivity contribution in [3.63, 3.8) is 0 Å². The molecule has 0 saturated carbocycles. The molecular formula is C18H28N2O3S. The maximum atomic E-state index is 12.3. The third-order valence-corrected chi connectivity index (χ3v) is 6.45. The summed E-state index contributed by atoms with van der Waals surface area (Å²) >= 11 is 0. The van der Waals surface area contributed by atoms with Crippen molar-refractivity contribution in [1.29, 1.82) is 0 Å². The number of piperazine rings is 1. The number of sulfonamides is 1. The number of rotatable bonds is 7. The second-order valence-electron chi connectivity index (χ2n) is 6.43. The van der Waals surface area contributed by atoms with E-state index in [1.54, 1.807) is 4.90 Å². The fraction of sp³-hybridized carbons (Fsp3) is 0.611. The number of hydrogen-bond acceptors (Lipinski definition) is 3. The van der Waals surface area contributed by atoms with E-state index in [-0.39, 0.29) is 11.7 Å². The lowest BCUT2D eigenvalue weighted by molar-refractivity contribution is -0.132. The molecule has 24 heavy (non-hydrogen) atoms. The second-order valence-corrected chi connectivity index (χ2v) is 8.52. The molecule has 1 heterocycles. The summed E-state index contributed by atoms with van der Waals surface area (Å²) in [5.74, 6) is 0.325. The summed E-state index contributed by atoms with van der Waals surface area (Å²) in [5.41, 5.74) is 2.38. The van der Waals surface area contributed by atoms with Gasteiger partial charge in [0.1, 0.15) is 0 Å². The van der Waals surface area contributed by atoms with E-state index in [1.165, 1.54) is 9.87 Å². The molecule has 0 atom stereocenters. The van der Waals surface area contributed by atoms with Gasteiger partial charge in [-0.2, -0.15) is 4.31 Å². The van der Waals surface area contributed by atoms with E-state index in [0.717, 1.165) is 18.4 Å². The molecule has 0 spiro atoms. The minimum atomic E-state index is -3.16. The molecule has 0 aliphatic carbocycles. The molecule has 1 aliphatic rings. The predicted octanol–water partition coefficient (Wildman–Crippen LogP) is 2.20. The van der Waals surface area contributed by atoms with Gasteiger partial charge in [0, 0.05) is 32.6 Å². The molecule has 0 aromatic heterocycles. The van der Waals surface area contributed by atoms with Gasteiger partial charge in [0.05, 0.1) is 5.75 Å². The maximum Gasteiger partial charge on any atom is 0.222 e. The van der Waals surface area contributed by atoms with Crippen LogP contribution in [-0.2, 0) is 21.2 Å². The standard InChI is InChI=1S/C18H28N2O3S/c1-3-4-15-24(22,23)20-13-11-19(12-14-20)18(21)10-9-17-7-5-16(2)6-8-17/h5-8H,3-4,9-15H2,1-2H3. The zero-order chi connectivity index (χ0) is 17.6. The number of carbonyl (C=O) groups is 1. The van der Waals surface area contributed by atoms with Gasteiger partial charge in [-0.25, -0.2) is 8.42 Å². The number of amides is 1. The van der Waals surface area contributed by atoms with E-state index < -0.39 is 10.0 Å². The minimum absolute atomic E-state index is 0.112. The first-order valence-corrected chi connectivity index (χ1v) is 10.3. The summed E-state index contributed by atoms with van der Waals surface area (Å²) in [7, 11) is -3.16. The highest BCUT2D eigenvalue weighted by Crippen LogP contribution is 2.12. The monoisotopic (exact) mass is 352 g/mol. The van der Waals surface area contributed by atoms with Gasteiger partial charge in [-0.3, -0.25) is 4.79 Å². The van der Waals surface area contributed by atoms with Gasteiger partial charge in [0.15, 0.2) is 0 Å². The lowest BCUT2D eigenvalue weighted by Crippen LogP contribution is -2.51. The second kappa shape index (κ2) is 8.62. The van der Waals surface area contributed by atoms with Crippen LogP contribution in [0.5, 0.6) is 0 Å². The van der Waals surface area contributed by atoms with E-state index in [9.17, 15) is 13.2 Å². The average molecular weight is 353 g/mol. The maximum absolute atomic E-state index is 12.3. The van der Waals surface area contributed by atoms with Crippen LogP contribution in [0, 0.1) is 6.92 Å². The van der Waals surface area contributed by atoms with Gasteiger partial charge in [0.25, 0.3) is 0 Å². The summed E-state index contributed by atoms with van der Waals surface area (Å²) in [5, 5.41) is 0. The number of aryl methyl sites for hydroxylation is 2. The van der Waals surface area contributed by atoms with Gasteiger partial charge in [0.2, 0.25) is 15.9 Å². The number of unbranched alkanes of at least 4 members (excludes halogenated alkanes) is 1. The summed E-state index contributed by atoms with van der Waals surface area (Å²) in [6.07, 6.45) is 2.77. The highest BCUT2D eigenvalue weighted by molar-refractivity contribution is 7.89. The summed E-state index contributed by atoms with van der Waals surface area (Å²) in [6, 6.07) is 8.22. The summed E-state index contributed by atoms with van der Waals surface area (Å²) in [4.78, 5) is 14.1. The first-order chi connectivity index (χ1) is 11.4. The van der Waals surface area contributed by atoms with Crippen LogP contribution in [0.2, 0.25) is 0 Å². The van der Waals surface area contributed by atoms with Gasteiger partial charge in [-0.15, -0.1) is 0 Å². The Hall–Kier alpha value is -1.40. The highest BCUT2D eigenvalue weighted by Gasteiger charge is 2.28. The molecule has 1 amide bonds. The fourth-order valence-corrected chi connectivity index (χ4v) is 4.47. The molecule has 0 N–H and O–H groups in total. The number of hydrogen-bond donors (Lipinski definition) is 0. The predicted molar refractivity (Wildman–Crippen MR) is 96.3 cm³/mol. The quantitative estimate of drug-likeness (QED) is 0.756. The number of carbonyl (C=O) groups excluding carboxylic acids is 1. The first-order valence-electron chi connectivity index (χ1n) is 8.73. The smallest absolute Gasteiger partial charge is 0.222 e. The third kappa shape index (κ3) is 5.31. The lowest BCUT2D eigenvalue weighted by atomic mass is 10.1. The van der Waals surface area contributed by atoms with Crippen LogP contribution in [0.3, 0.4) is 0 Å². The van der Waals surface area contributed by atoms with E-state index in [1.807, 2.05) is 13.8 Å². The molecule has 0 unspecified atom stereocenters. The van der Waals surface area contributed by atoms with Crippen LogP contribution in [-0.4, -0.2) is 55.5 Å². The largest absolute Gasteiger partial charge is 0.340 e. The van der Waals surface area contributed by atoms with E-state index >= 15 is 0 Å². The summed E-state index contributed by atoms with van der Waals surface area (Å²) < 4.78 is 25.9. The zero-order valence-electron chi connectivity index (χ0n) is 14.7. The molecule has 5 nitrogen and oxygen atoms in total. The molecule has 1 aliphatic heterocycles. The van der Waals surface area contributed by atoms with Gasteiger partial charge in [-0.05, 0) is 25.3 Å². The van der Waals surface area contributed by atoms with Crippen molar-refractivity contribution >= 4 is 15.9 Å². The number of benzene rings is 1. The van der Waals surface area contributed by atoms with Gasteiger partial charge in [-0.1, -0.05) is 43.2 Å². The molecule has 6 heteroatoms. The Morgan fingerprint density at radius 3 is 2.29 bits per heavy atom. The van der Waals surface area contributed by atoms with Crippen molar-refractivity contribution < 1.29 is 13.2 Å². The first kappa shape index (κ1) is 18.9. The van der Waals surface area contributed by atoms with E-state index in [2.05, 4.69) is 24.3 Å². The van der Waals surface area contributed by atoms with E-state index in [4.69, 9.17) is 0 Å². The van der Waals surface area contributed by atoms with Crippen LogP contribution >= 0.6 is 0 Å². The molecule has 1 aromatic carbocycles. The molecule has 2 rings (SSSR count). The fourth-order valence-electron chi connectivity index (χ4n) is 2.84. The SMILES string of the molecule is CCCCS(=O)(=O)N1CCN(C(=O)CCc2ccc(C)cc2)CC1. The Morgan fingerprint density at radius 1 is 1.08 bits per heavy atom. The Bertz CT molecular complexity index is 633. The van der Waals surface area contributed by atoms with Gasteiger partial charge < -0.3 is 4.90 Å². The molecule has 1 saturated heterocycles. The van der Waals surface area contributed by atoms with Gasteiger partial charge >= 0.3 is 0 Å². The molecule has 1 aromatic rings. The van der Waals surface area contributed by atoms with Crippen LogP contribution in [0.4, 0.5) is 0 Å². The summed E-state index contributed by atoms with van der Waals surface area (Å²) in [6.45, 7) is 5.87. The molecular weight excluding hydrogens is 324 g/mol. The van der Waals surface area contributed by atoms with Crippen molar-refractivity contribution in [2.45, 2.75) is 39.5 Å². The van der Waals surface area contributed by atoms with Crippen molar-refractivity contribution in [3.05, 3.63) is 35.4 Å². The number of nitrogens with zero attached hydrogens (tertiary/aromatic N) is 2. The Balaban J connectivity index is 1.79. The van der Waals surface area contributed by atoms with Crippen molar-refractivity contribution in [2.75, 3.05) is 31.9 Å². The third-order valence-electron chi connectivity index (χ3n) is 4.49. The molecule has 1 fully saturated rings. The zero-order valence-corrected chi connectivity index (χ0v) is 15.5. The molecule has 0 radical (unpaired) electrons. The van der Waals surface area contributed by atoms with Crippen LogP contribution in [0.1, 0.15) is 37.3 Å². The minimum Gasteiger partial charge on any atom is -0.340 e. The Morgan fingerprint density at radius 2 is 1.71 bits per heavy atom. The van der Waals surface area contributed by atoms with Crippen LogP contribution in [0.15, 0.2) is 24.3 Å². The molecule has 134 valence electrons. The Labute approximate surface area is 145 Å². The topological polar surface area (TPSA) is 57.7 Å².